The van der Waals surface area contributed by atoms with Crippen molar-refractivity contribution in [2.45, 2.75) is 6.92 Å². The van der Waals surface area contributed by atoms with Crippen LogP contribution in [0.5, 0.6) is 0 Å². The van der Waals surface area contributed by atoms with Crippen molar-refractivity contribution >= 4 is 53.4 Å². The first-order valence-electron chi connectivity index (χ1n) is 11.0. The maximum absolute atomic E-state index is 4.91. The Morgan fingerprint density at radius 1 is 0.667 bits per heavy atom. The summed E-state index contributed by atoms with van der Waals surface area (Å²) in [6.07, 6.45) is 0. The fraction of sp³-hybridized carbons (Fsp3) is 0.0345. The monoisotopic (exact) mass is 441 g/mol. The third-order valence-electron chi connectivity index (χ3n) is 6.29. The van der Waals surface area contributed by atoms with E-state index in [1.54, 1.807) is 11.3 Å². The van der Waals surface area contributed by atoms with Crippen molar-refractivity contribution < 1.29 is 0 Å². The van der Waals surface area contributed by atoms with Crippen molar-refractivity contribution in [3.05, 3.63) is 103 Å². The van der Waals surface area contributed by atoms with Crippen LogP contribution in [0.2, 0.25) is 0 Å². The number of para-hydroxylation sites is 2. The Balaban J connectivity index is 1.55. The largest absolute Gasteiger partial charge is 0.309 e. The third-order valence-corrected chi connectivity index (χ3v) is 7.46. The molecule has 0 saturated carbocycles. The summed E-state index contributed by atoms with van der Waals surface area (Å²) in [5, 5.41) is 3.68. The molecule has 0 radical (unpaired) electrons. The topological polar surface area (TPSA) is 30.7 Å². The van der Waals surface area contributed by atoms with Gasteiger partial charge in [0.05, 0.1) is 26.9 Å². The van der Waals surface area contributed by atoms with Crippen molar-refractivity contribution in [3.8, 4) is 16.9 Å². The van der Waals surface area contributed by atoms with E-state index in [0.717, 1.165) is 27.3 Å². The lowest BCUT2D eigenvalue weighted by molar-refractivity contribution is 1.10. The predicted octanol–water partition coefficient (Wildman–Crippen LogP) is 7.92. The number of benzene rings is 4. The Labute approximate surface area is 194 Å². The van der Waals surface area contributed by atoms with Crippen LogP contribution in [0.3, 0.4) is 0 Å². The summed E-state index contributed by atoms with van der Waals surface area (Å²) in [6.45, 7) is 1.98. The summed E-state index contributed by atoms with van der Waals surface area (Å²) in [6, 6.07) is 34.4. The van der Waals surface area contributed by atoms with E-state index in [1.807, 2.05) is 6.92 Å². The number of hydrogen-bond donors (Lipinski definition) is 0. The molecule has 0 spiro atoms. The number of hydrogen-bond acceptors (Lipinski definition) is 3. The van der Waals surface area contributed by atoms with Gasteiger partial charge in [0.1, 0.15) is 5.82 Å². The summed E-state index contributed by atoms with van der Waals surface area (Å²) < 4.78 is 4.73. The molecule has 0 aliphatic carbocycles. The average Bonchev–Trinajstić information content (AvgIpc) is 3.39. The number of rotatable bonds is 2. The Morgan fingerprint density at radius 3 is 2.27 bits per heavy atom. The standard InChI is InChI=1S/C29H19N3S/c1-18-30-27(29-28(31-18)22-12-6-8-14-26(22)33-29)19-15-16-25-23(17-19)21-11-5-7-13-24(21)32(25)20-9-3-2-4-10-20/h2-17H,1H3. The normalized spacial score (nSPS) is 11.8. The van der Waals surface area contributed by atoms with Crippen LogP contribution >= 0.6 is 11.3 Å². The smallest absolute Gasteiger partial charge is 0.126 e. The van der Waals surface area contributed by atoms with E-state index in [9.17, 15) is 0 Å². The first-order chi connectivity index (χ1) is 16.3. The quantitative estimate of drug-likeness (QED) is 0.273. The van der Waals surface area contributed by atoms with E-state index in [4.69, 9.17) is 9.97 Å². The SMILES string of the molecule is Cc1nc(-c2ccc3c(c2)c2ccccc2n3-c2ccccc2)c2sc3ccccc3c2n1. The van der Waals surface area contributed by atoms with Crippen molar-refractivity contribution in [1.82, 2.24) is 14.5 Å². The zero-order valence-corrected chi connectivity index (χ0v) is 18.8. The molecule has 3 nitrogen and oxygen atoms in total. The Bertz CT molecular complexity index is 1830. The molecular formula is C29H19N3S. The van der Waals surface area contributed by atoms with Crippen molar-refractivity contribution in [2.75, 3.05) is 0 Å². The fourth-order valence-electron chi connectivity index (χ4n) is 4.87. The van der Waals surface area contributed by atoms with Gasteiger partial charge in [-0.05, 0) is 43.3 Å². The van der Waals surface area contributed by atoms with Crippen LogP contribution in [0.4, 0.5) is 0 Å². The maximum atomic E-state index is 4.91. The minimum atomic E-state index is 0.799. The molecular weight excluding hydrogens is 422 g/mol. The Morgan fingerprint density at radius 2 is 1.39 bits per heavy atom. The highest BCUT2D eigenvalue weighted by atomic mass is 32.1. The minimum absolute atomic E-state index is 0.799. The van der Waals surface area contributed by atoms with Gasteiger partial charge in [-0.1, -0.05) is 60.7 Å². The van der Waals surface area contributed by atoms with Gasteiger partial charge in [-0.15, -0.1) is 11.3 Å². The number of nitrogens with zero attached hydrogens (tertiary/aromatic N) is 3. The van der Waals surface area contributed by atoms with Gasteiger partial charge in [0.2, 0.25) is 0 Å². The number of fused-ring (bicyclic) bond motifs is 6. The van der Waals surface area contributed by atoms with Crippen LogP contribution in [0.15, 0.2) is 97.1 Å². The second-order valence-electron chi connectivity index (χ2n) is 8.32. The molecule has 0 fully saturated rings. The molecule has 4 heteroatoms. The molecule has 4 aromatic carbocycles. The summed E-state index contributed by atoms with van der Waals surface area (Å²) in [7, 11) is 0. The van der Waals surface area contributed by atoms with Crippen LogP contribution in [0.25, 0.3) is 59.1 Å². The van der Waals surface area contributed by atoms with Gasteiger partial charge in [-0.25, -0.2) is 9.97 Å². The first kappa shape index (κ1) is 18.5. The van der Waals surface area contributed by atoms with Crippen LogP contribution in [0.1, 0.15) is 5.82 Å². The molecule has 7 aromatic rings. The van der Waals surface area contributed by atoms with Crippen molar-refractivity contribution in [3.63, 3.8) is 0 Å². The molecule has 33 heavy (non-hydrogen) atoms. The van der Waals surface area contributed by atoms with Gasteiger partial charge in [0.25, 0.3) is 0 Å². The molecule has 0 bridgehead atoms. The third kappa shape index (κ3) is 2.74. The Kier molecular flexibility index (Phi) is 3.93. The molecule has 0 unspecified atom stereocenters. The van der Waals surface area contributed by atoms with E-state index in [-0.39, 0.29) is 0 Å². The number of aromatic nitrogens is 3. The highest BCUT2D eigenvalue weighted by Gasteiger charge is 2.17. The molecule has 7 rings (SSSR count). The van der Waals surface area contributed by atoms with E-state index in [2.05, 4.69) is 102 Å². The van der Waals surface area contributed by atoms with Crippen molar-refractivity contribution in [2.24, 2.45) is 0 Å². The number of aryl methyl sites for hydroxylation is 1. The molecule has 3 heterocycles. The highest BCUT2D eigenvalue weighted by molar-refractivity contribution is 7.26. The molecule has 0 atom stereocenters. The maximum Gasteiger partial charge on any atom is 0.126 e. The van der Waals surface area contributed by atoms with Gasteiger partial charge < -0.3 is 4.57 Å². The van der Waals surface area contributed by atoms with E-state index in [0.29, 0.717) is 0 Å². The Hall–Kier alpha value is -4.02. The van der Waals surface area contributed by atoms with Crippen LogP contribution in [-0.4, -0.2) is 14.5 Å². The van der Waals surface area contributed by atoms with Crippen LogP contribution < -0.4 is 0 Å². The molecule has 0 N–H and O–H groups in total. The van der Waals surface area contributed by atoms with E-state index >= 15 is 0 Å². The summed E-state index contributed by atoms with van der Waals surface area (Å²) in [5.41, 5.74) is 6.76. The molecule has 156 valence electrons. The lowest BCUT2D eigenvalue weighted by atomic mass is 10.1. The molecule has 3 aromatic heterocycles. The predicted molar refractivity (Wildman–Crippen MR) is 139 cm³/mol. The lowest BCUT2D eigenvalue weighted by Crippen LogP contribution is -1.94. The molecule has 0 aliphatic rings. The van der Waals surface area contributed by atoms with Crippen molar-refractivity contribution in [1.29, 1.82) is 0 Å². The fourth-order valence-corrected chi connectivity index (χ4v) is 6.03. The first-order valence-corrected chi connectivity index (χ1v) is 11.8. The summed E-state index contributed by atoms with van der Waals surface area (Å²) >= 11 is 1.77. The van der Waals surface area contributed by atoms with Gasteiger partial charge in [0, 0.05) is 32.1 Å². The van der Waals surface area contributed by atoms with E-state index < -0.39 is 0 Å². The van der Waals surface area contributed by atoms with Gasteiger partial charge in [-0.3, -0.25) is 0 Å². The molecule has 0 aliphatic heterocycles. The second kappa shape index (κ2) is 6.99. The lowest BCUT2D eigenvalue weighted by Gasteiger charge is -2.08. The molecule has 0 saturated heterocycles. The zero-order chi connectivity index (χ0) is 21.9. The van der Waals surface area contributed by atoms with E-state index in [1.165, 1.54) is 37.6 Å². The van der Waals surface area contributed by atoms with Gasteiger partial charge >= 0.3 is 0 Å². The van der Waals surface area contributed by atoms with Crippen LogP contribution in [0, 0.1) is 6.92 Å². The summed E-state index contributed by atoms with van der Waals surface area (Å²) in [4.78, 5) is 9.71. The highest BCUT2D eigenvalue weighted by Crippen LogP contribution is 2.40. The van der Waals surface area contributed by atoms with Gasteiger partial charge in [-0.2, -0.15) is 0 Å². The summed E-state index contributed by atoms with van der Waals surface area (Å²) in [5.74, 6) is 0.799. The second-order valence-corrected chi connectivity index (χ2v) is 9.37. The average molecular weight is 442 g/mol. The minimum Gasteiger partial charge on any atom is -0.309 e. The molecule has 0 amide bonds. The zero-order valence-electron chi connectivity index (χ0n) is 18.0. The van der Waals surface area contributed by atoms with Crippen LogP contribution in [-0.2, 0) is 0 Å². The van der Waals surface area contributed by atoms with Gasteiger partial charge in [0.15, 0.2) is 0 Å². The number of thiophene rings is 1.